The minimum Gasteiger partial charge on any atom is -0.468 e. The van der Waals surface area contributed by atoms with E-state index >= 15 is 0 Å². The average Bonchev–Trinajstić information content (AvgIpc) is 3.07. The fourth-order valence-corrected chi connectivity index (χ4v) is 2.69. The molecule has 0 aliphatic carbocycles. The maximum absolute atomic E-state index is 11.8. The van der Waals surface area contributed by atoms with Crippen LogP contribution in [0, 0.1) is 0 Å². The molecule has 22 heavy (non-hydrogen) atoms. The number of carbonyl (C=O) groups is 1. The monoisotopic (exact) mass is 310 g/mol. The first kappa shape index (κ1) is 17.0. The summed E-state index contributed by atoms with van der Waals surface area (Å²) in [6, 6.07) is 3.96. The Labute approximate surface area is 131 Å². The van der Waals surface area contributed by atoms with Crippen molar-refractivity contribution < 1.29 is 18.7 Å². The smallest absolute Gasteiger partial charge is 0.246 e. The second-order valence-corrected chi connectivity index (χ2v) is 5.48. The van der Waals surface area contributed by atoms with E-state index in [-0.39, 0.29) is 18.6 Å². The Bertz CT molecular complexity index is 416. The van der Waals surface area contributed by atoms with Gasteiger partial charge in [0.2, 0.25) is 5.91 Å². The van der Waals surface area contributed by atoms with Gasteiger partial charge in [0.1, 0.15) is 12.4 Å². The summed E-state index contributed by atoms with van der Waals surface area (Å²) in [4.78, 5) is 14.2. The molecule has 0 radical (unpaired) electrons. The zero-order valence-electron chi connectivity index (χ0n) is 13.3. The highest BCUT2D eigenvalue weighted by Gasteiger charge is 2.24. The molecule has 6 heteroatoms. The first-order chi connectivity index (χ1) is 10.8. The van der Waals surface area contributed by atoms with Crippen LogP contribution >= 0.6 is 0 Å². The number of nitrogens with one attached hydrogen (secondary N) is 1. The number of methoxy groups -OCH3 is 1. The summed E-state index contributed by atoms with van der Waals surface area (Å²) in [7, 11) is 1.61. The summed E-state index contributed by atoms with van der Waals surface area (Å²) in [5, 5.41) is 2.94. The van der Waals surface area contributed by atoms with Crippen molar-refractivity contribution >= 4 is 5.91 Å². The van der Waals surface area contributed by atoms with Gasteiger partial charge in [-0.15, -0.1) is 0 Å². The van der Waals surface area contributed by atoms with Gasteiger partial charge in [-0.2, -0.15) is 0 Å². The fraction of sp³-hybridized carbons (Fsp3) is 0.688. The molecule has 0 aromatic carbocycles. The number of rotatable bonds is 9. The molecule has 6 nitrogen and oxygen atoms in total. The zero-order chi connectivity index (χ0) is 15.6. The maximum Gasteiger partial charge on any atom is 0.246 e. The first-order valence-corrected chi connectivity index (χ1v) is 7.92. The highest BCUT2D eigenvalue weighted by atomic mass is 16.5. The maximum atomic E-state index is 11.8. The molecule has 0 spiro atoms. The highest BCUT2D eigenvalue weighted by Crippen LogP contribution is 2.24. The number of likely N-dealkylation sites (tertiary alicyclic amines) is 1. The van der Waals surface area contributed by atoms with E-state index in [0.717, 1.165) is 18.8 Å². The number of hydrogen-bond donors (Lipinski definition) is 1. The molecule has 1 aromatic heterocycles. The van der Waals surface area contributed by atoms with Crippen molar-refractivity contribution in [3.63, 3.8) is 0 Å². The molecule has 1 saturated heterocycles. The molecule has 124 valence electrons. The van der Waals surface area contributed by atoms with Gasteiger partial charge in [0.25, 0.3) is 0 Å². The Kier molecular flexibility index (Phi) is 7.42. The molecular weight excluding hydrogens is 284 g/mol. The van der Waals surface area contributed by atoms with Crippen LogP contribution in [0.25, 0.3) is 0 Å². The van der Waals surface area contributed by atoms with Crippen molar-refractivity contribution in [3.05, 3.63) is 24.2 Å². The number of carbonyl (C=O) groups excluding carboxylic acids is 1. The number of nitrogens with zero attached hydrogens (tertiary/aromatic N) is 1. The van der Waals surface area contributed by atoms with Gasteiger partial charge in [0, 0.05) is 13.7 Å². The minimum absolute atomic E-state index is 0.0637. The van der Waals surface area contributed by atoms with Crippen molar-refractivity contribution in [1.82, 2.24) is 10.2 Å². The van der Waals surface area contributed by atoms with E-state index in [1.807, 2.05) is 12.1 Å². The zero-order valence-corrected chi connectivity index (χ0v) is 13.3. The molecule has 1 aromatic rings. The minimum atomic E-state index is -0.107. The van der Waals surface area contributed by atoms with Crippen LogP contribution in [0.15, 0.2) is 22.8 Å². The van der Waals surface area contributed by atoms with Crippen molar-refractivity contribution in [2.24, 2.45) is 0 Å². The van der Waals surface area contributed by atoms with Gasteiger partial charge in [-0.1, -0.05) is 6.42 Å². The predicted octanol–water partition coefficient (Wildman–Crippen LogP) is 1.59. The van der Waals surface area contributed by atoms with Crippen molar-refractivity contribution in [2.45, 2.75) is 25.3 Å². The van der Waals surface area contributed by atoms with Gasteiger partial charge >= 0.3 is 0 Å². The highest BCUT2D eigenvalue weighted by molar-refractivity contribution is 5.77. The van der Waals surface area contributed by atoms with E-state index in [9.17, 15) is 4.79 Å². The van der Waals surface area contributed by atoms with E-state index in [2.05, 4.69) is 10.2 Å². The second kappa shape index (κ2) is 9.61. The quantitative estimate of drug-likeness (QED) is 0.702. The summed E-state index contributed by atoms with van der Waals surface area (Å²) < 4.78 is 15.7. The molecule has 2 heterocycles. The van der Waals surface area contributed by atoms with Crippen LogP contribution < -0.4 is 5.32 Å². The summed E-state index contributed by atoms with van der Waals surface area (Å²) in [6.07, 6.45) is 5.36. The average molecular weight is 310 g/mol. The Morgan fingerprint density at radius 2 is 2.18 bits per heavy atom. The fourth-order valence-electron chi connectivity index (χ4n) is 2.69. The van der Waals surface area contributed by atoms with Gasteiger partial charge in [0.15, 0.2) is 0 Å². The summed E-state index contributed by atoms with van der Waals surface area (Å²) >= 11 is 0. The van der Waals surface area contributed by atoms with Gasteiger partial charge in [-0.25, -0.2) is 0 Å². The third kappa shape index (κ3) is 5.44. The number of amides is 1. The van der Waals surface area contributed by atoms with E-state index in [1.54, 1.807) is 13.4 Å². The second-order valence-electron chi connectivity index (χ2n) is 5.48. The molecule has 1 N–H and O–H groups in total. The molecule has 1 amide bonds. The molecule has 1 aliphatic rings. The summed E-state index contributed by atoms with van der Waals surface area (Å²) in [6.45, 7) is 3.62. The lowest BCUT2D eigenvalue weighted by atomic mass is 10.1. The van der Waals surface area contributed by atoms with Gasteiger partial charge in [-0.05, 0) is 38.1 Å². The lowest BCUT2D eigenvalue weighted by Crippen LogP contribution is -2.41. The number of hydrogen-bond acceptors (Lipinski definition) is 5. The molecule has 2 rings (SSSR count). The topological polar surface area (TPSA) is 63.9 Å². The third-order valence-corrected chi connectivity index (χ3v) is 3.86. The number of ether oxygens (including phenoxy) is 2. The van der Waals surface area contributed by atoms with Crippen LogP contribution in [-0.2, 0) is 14.3 Å². The molecule has 0 bridgehead atoms. The predicted molar refractivity (Wildman–Crippen MR) is 82.6 cm³/mol. The van der Waals surface area contributed by atoms with E-state index < -0.39 is 0 Å². The van der Waals surface area contributed by atoms with Gasteiger partial charge in [-0.3, -0.25) is 9.69 Å². The number of furan rings is 1. The molecule has 1 aliphatic heterocycles. The normalized spacial score (nSPS) is 17.3. The SMILES string of the molecule is COCCOCC(=O)NCC(c1ccco1)N1CCCCC1. The first-order valence-electron chi connectivity index (χ1n) is 7.92. The Balaban J connectivity index is 1.80. The lowest BCUT2D eigenvalue weighted by molar-refractivity contribution is -0.126. The molecular formula is C16H26N2O4. The van der Waals surface area contributed by atoms with Crippen LogP contribution in [-0.4, -0.2) is 57.4 Å². The van der Waals surface area contributed by atoms with Crippen LogP contribution in [0.1, 0.15) is 31.1 Å². The van der Waals surface area contributed by atoms with Crippen LogP contribution in [0.5, 0.6) is 0 Å². The lowest BCUT2D eigenvalue weighted by Gasteiger charge is -2.33. The van der Waals surface area contributed by atoms with Gasteiger partial charge in [0.05, 0.1) is 25.5 Å². The Morgan fingerprint density at radius 3 is 2.86 bits per heavy atom. The van der Waals surface area contributed by atoms with E-state index in [4.69, 9.17) is 13.9 Å². The van der Waals surface area contributed by atoms with Crippen LogP contribution in [0.2, 0.25) is 0 Å². The van der Waals surface area contributed by atoms with Crippen LogP contribution in [0.3, 0.4) is 0 Å². The Hall–Kier alpha value is -1.37. The Morgan fingerprint density at radius 1 is 1.36 bits per heavy atom. The van der Waals surface area contributed by atoms with E-state index in [0.29, 0.717) is 19.8 Å². The van der Waals surface area contributed by atoms with E-state index in [1.165, 1.54) is 19.3 Å². The largest absolute Gasteiger partial charge is 0.468 e. The summed E-state index contributed by atoms with van der Waals surface area (Å²) in [5.41, 5.74) is 0. The van der Waals surface area contributed by atoms with Gasteiger partial charge < -0.3 is 19.2 Å². The third-order valence-electron chi connectivity index (χ3n) is 3.86. The van der Waals surface area contributed by atoms with Crippen molar-refractivity contribution in [3.8, 4) is 0 Å². The molecule has 1 atom stereocenters. The summed E-state index contributed by atoms with van der Waals surface area (Å²) in [5.74, 6) is 0.798. The number of piperidine rings is 1. The molecule has 1 unspecified atom stereocenters. The van der Waals surface area contributed by atoms with Crippen LogP contribution in [0.4, 0.5) is 0 Å². The van der Waals surface area contributed by atoms with Crippen molar-refractivity contribution in [1.29, 1.82) is 0 Å². The molecule has 0 saturated carbocycles. The van der Waals surface area contributed by atoms with Crippen molar-refractivity contribution in [2.75, 3.05) is 46.6 Å². The molecule has 1 fully saturated rings. The standard InChI is InChI=1S/C16H26N2O4/c1-20-10-11-21-13-16(19)17-12-14(15-6-5-9-22-15)18-7-3-2-4-8-18/h5-6,9,14H,2-4,7-8,10-13H2,1H3,(H,17,19).